The molecule has 1 fully saturated rings. The molecule has 0 saturated carbocycles. The summed E-state index contributed by atoms with van der Waals surface area (Å²) >= 11 is 0. The molecule has 1 saturated heterocycles. The highest BCUT2D eigenvalue weighted by Gasteiger charge is 2.44. The van der Waals surface area contributed by atoms with Gasteiger partial charge in [0, 0.05) is 11.6 Å². The molecule has 2 atom stereocenters. The Hall–Kier alpha value is -0.730. The molecular formula is C13H25NO2. The van der Waals surface area contributed by atoms with E-state index in [0.29, 0.717) is 6.04 Å². The summed E-state index contributed by atoms with van der Waals surface area (Å²) in [4.78, 5) is 14.1. The first kappa shape index (κ1) is 13.3. The molecule has 3 nitrogen and oxygen atoms in total. The molecule has 0 aromatic carbocycles. The van der Waals surface area contributed by atoms with Crippen molar-refractivity contribution in [2.45, 2.75) is 78.0 Å². The van der Waals surface area contributed by atoms with Gasteiger partial charge in [0.1, 0.15) is 5.60 Å². The lowest BCUT2D eigenvalue weighted by Gasteiger charge is -2.38. The highest BCUT2D eigenvalue weighted by atomic mass is 16.6. The Balaban J connectivity index is 2.80. The first-order valence-electron chi connectivity index (χ1n) is 6.22. The minimum Gasteiger partial charge on any atom is -0.444 e. The second-order valence-corrected chi connectivity index (χ2v) is 6.09. The summed E-state index contributed by atoms with van der Waals surface area (Å²) < 4.78 is 5.48. The van der Waals surface area contributed by atoms with E-state index in [1.807, 2.05) is 25.7 Å². The molecule has 3 heteroatoms. The number of amides is 1. The predicted molar refractivity (Wildman–Crippen MR) is 65.5 cm³/mol. The summed E-state index contributed by atoms with van der Waals surface area (Å²) in [5.74, 6) is 0. The number of carbonyl (C=O) groups is 1. The van der Waals surface area contributed by atoms with Crippen LogP contribution in [0.25, 0.3) is 0 Å². The molecule has 0 aromatic heterocycles. The van der Waals surface area contributed by atoms with E-state index in [9.17, 15) is 4.79 Å². The normalized spacial score (nSPS) is 30.6. The van der Waals surface area contributed by atoms with Gasteiger partial charge in [-0.05, 0) is 53.9 Å². The van der Waals surface area contributed by atoms with Crippen molar-refractivity contribution in [2.75, 3.05) is 0 Å². The summed E-state index contributed by atoms with van der Waals surface area (Å²) in [6.45, 7) is 12.1. The maximum Gasteiger partial charge on any atom is 0.410 e. The van der Waals surface area contributed by atoms with Crippen molar-refractivity contribution >= 4 is 6.09 Å². The highest BCUT2D eigenvalue weighted by molar-refractivity contribution is 5.70. The van der Waals surface area contributed by atoms with E-state index < -0.39 is 5.60 Å². The summed E-state index contributed by atoms with van der Waals surface area (Å²) in [6, 6.07) is 0.291. The van der Waals surface area contributed by atoms with Gasteiger partial charge in [0.2, 0.25) is 0 Å². The van der Waals surface area contributed by atoms with Gasteiger partial charge in [-0.25, -0.2) is 4.79 Å². The molecule has 1 rings (SSSR count). The van der Waals surface area contributed by atoms with Gasteiger partial charge >= 0.3 is 6.09 Å². The van der Waals surface area contributed by atoms with E-state index in [1.165, 1.54) is 0 Å². The van der Waals surface area contributed by atoms with E-state index in [0.717, 1.165) is 19.3 Å². The van der Waals surface area contributed by atoms with Crippen molar-refractivity contribution in [3.63, 3.8) is 0 Å². The Kier molecular flexibility index (Phi) is 3.56. The minimum absolute atomic E-state index is 0.0260. The third-order valence-corrected chi connectivity index (χ3v) is 3.47. The number of hydrogen-bond acceptors (Lipinski definition) is 2. The average molecular weight is 227 g/mol. The molecule has 1 heterocycles. The van der Waals surface area contributed by atoms with Crippen molar-refractivity contribution in [1.82, 2.24) is 4.90 Å². The molecule has 94 valence electrons. The summed E-state index contributed by atoms with van der Waals surface area (Å²) in [7, 11) is 0. The average Bonchev–Trinajstić information content (AvgIpc) is 2.40. The van der Waals surface area contributed by atoms with Gasteiger partial charge in [-0.2, -0.15) is 0 Å². The van der Waals surface area contributed by atoms with Crippen molar-refractivity contribution in [2.24, 2.45) is 0 Å². The van der Waals surface area contributed by atoms with Gasteiger partial charge in [0.25, 0.3) is 0 Å². The van der Waals surface area contributed by atoms with Crippen molar-refractivity contribution in [3.8, 4) is 0 Å². The zero-order valence-electron chi connectivity index (χ0n) is 11.5. The fourth-order valence-electron chi connectivity index (χ4n) is 2.36. The van der Waals surface area contributed by atoms with Gasteiger partial charge < -0.3 is 9.64 Å². The Morgan fingerprint density at radius 1 is 1.50 bits per heavy atom. The Bertz CT molecular complexity index is 270. The van der Waals surface area contributed by atoms with Crippen LogP contribution in [0.5, 0.6) is 0 Å². The maximum atomic E-state index is 12.1. The number of ether oxygens (including phenoxy) is 1. The van der Waals surface area contributed by atoms with Crippen LogP contribution in [-0.4, -0.2) is 28.2 Å². The van der Waals surface area contributed by atoms with Crippen LogP contribution in [0.2, 0.25) is 0 Å². The number of nitrogens with zero attached hydrogens (tertiary/aromatic N) is 1. The monoisotopic (exact) mass is 227 g/mol. The number of hydrogen-bond donors (Lipinski definition) is 0. The van der Waals surface area contributed by atoms with Crippen molar-refractivity contribution in [3.05, 3.63) is 0 Å². The molecule has 1 aliphatic heterocycles. The molecule has 0 aromatic rings. The molecule has 0 bridgehead atoms. The van der Waals surface area contributed by atoms with Crippen molar-refractivity contribution in [1.29, 1.82) is 0 Å². The summed E-state index contributed by atoms with van der Waals surface area (Å²) in [5.41, 5.74) is -0.435. The third kappa shape index (κ3) is 2.69. The lowest BCUT2D eigenvalue weighted by molar-refractivity contribution is 0.00191. The van der Waals surface area contributed by atoms with E-state index in [4.69, 9.17) is 4.74 Å². The Labute approximate surface area is 99.1 Å². The first-order chi connectivity index (χ1) is 7.19. The molecule has 1 aliphatic rings. The van der Waals surface area contributed by atoms with Crippen LogP contribution in [0.3, 0.4) is 0 Å². The van der Waals surface area contributed by atoms with Crippen LogP contribution >= 0.6 is 0 Å². The molecule has 16 heavy (non-hydrogen) atoms. The number of rotatable bonds is 1. The van der Waals surface area contributed by atoms with Gasteiger partial charge in [-0.15, -0.1) is 0 Å². The fourth-order valence-corrected chi connectivity index (χ4v) is 2.36. The molecule has 0 unspecified atom stereocenters. The summed E-state index contributed by atoms with van der Waals surface area (Å²) in [5, 5.41) is 0. The van der Waals surface area contributed by atoms with Crippen LogP contribution in [0.1, 0.15) is 60.8 Å². The van der Waals surface area contributed by atoms with E-state index in [-0.39, 0.29) is 11.6 Å². The van der Waals surface area contributed by atoms with Crippen LogP contribution < -0.4 is 0 Å². The lowest BCUT2D eigenvalue weighted by atomic mass is 9.96. The van der Waals surface area contributed by atoms with Crippen LogP contribution in [-0.2, 0) is 4.74 Å². The number of likely N-dealkylation sites (tertiary alicyclic amines) is 1. The van der Waals surface area contributed by atoms with Gasteiger partial charge in [-0.1, -0.05) is 6.92 Å². The van der Waals surface area contributed by atoms with Crippen molar-refractivity contribution < 1.29 is 9.53 Å². The van der Waals surface area contributed by atoms with Crippen LogP contribution in [0.15, 0.2) is 0 Å². The molecule has 0 spiro atoms. The Morgan fingerprint density at radius 2 is 2.06 bits per heavy atom. The smallest absolute Gasteiger partial charge is 0.410 e. The van der Waals surface area contributed by atoms with E-state index in [2.05, 4.69) is 20.8 Å². The lowest BCUT2D eigenvalue weighted by Crippen LogP contribution is -2.49. The molecule has 0 aliphatic carbocycles. The largest absolute Gasteiger partial charge is 0.444 e. The minimum atomic E-state index is -0.409. The number of carbonyl (C=O) groups excluding carboxylic acids is 1. The van der Waals surface area contributed by atoms with Gasteiger partial charge in [-0.3, -0.25) is 0 Å². The molecule has 1 amide bonds. The SMILES string of the molecule is CC[C@@]1(C)CC[C@@H](C)N1C(=O)OC(C)(C)C. The Morgan fingerprint density at radius 3 is 2.50 bits per heavy atom. The maximum absolute atomic E-state index is 12.1. The second-order valence-electron chi connectivity index (χ2n) is 6.09. The zero-order valence-corrected chi connectivity index (χ0v) is 11.5. The second kappa shape index (κ2) is 4.27. The molecule has 0 N–H and O–H groups in total. The summed E-state index contributed by atoms with van der Waals surface area (Å²) in [6.07, 6.45) is 2.96. The third-order valence-electron chi connectivity index (χ3n) is 3.47. The molecule has 0 radical (unpaired) electrons. The first-order valence-corrected chi connectivity index (χ1v) is 6.22. The highest BCUT2D eigenvalue weighted by Crippen LogP contribution is 2.37. The van der Waals surface area contributed by atoms with Crippen LogP contribution in [0.4, 0.5) is 4.79 Å². The van der Waals surface area contributed by atoms with Crippen LogP contribution in [0, 0.1) is 0 Å². The van der Waals surface area contributed by atoms with Gasteiger partial charge in [0.05, 0.1) is 0 Å². The van der Waals surface area contributed by atoms with Gasteiger partial charge in [0.15, 0.2) is 0 Å². The molecular weight excluding hydrogens is 202 g/mol. The predicted octanol–water partition coefficient (Wildman–Crippen LogP) is 3.57. The van der Waals surface area contributed by atoms with E-state index >= 15 is 0 Å². The quantitative estimate of drug-likeness (QED) is 0.685. The topological polar surface area (TPSA) is 29.5 Å². The fraction of sp³-hybridized carbons (Fsp3) is 0.923. The van der Waals surface area contributed by atoms with E-state index in [1.54, 1.807) is 0 Å². The zero-order chi connectivity index (χ0) is 12.6. The standard InChI is InChI=1S/C13H25NO2/c1-7-13(6)9-8-10(2)14(13)11(15)16-12(3,4)5/h10H,7-9H2,1-6H3/t10-,13+/m1/s1.